The van der Waals surface area contributed by atoms with Gasteiger partial charge in [-0.05, 0) is 36.8 Å². The molecule has 4 heteroatoms. The number of nitrogens with zero attached hydrogens (tertiary/aromatic N) is 1. The lowest BCUT2D eigenvalue weighted by Crippen LogP contribution is -2.07. The first-order valence-corrected chi connectivity index (χ1v) is 7.87. The smallest absolute Gasteiger partial charge is 0.0703 e. The van der Waals surface area contributed by atoms with E-state index in [4.69, 9.17) is 11.6 Å². The van der Waals surface area contributed by atoms with Crippen molar-refractivity contribution < 1.29 is 0 Å². The minimum absolute atomic E-state index is 0.105. The van der Waals surface area contributed by atoms with E-state index >= 15 is 0 Å². The van der Waals surface area contributed by atoms with Crippen molar-refractivity contribution in [2.24, 2.45) is 0 Å². The topological polar surface area (TPSA) is 24.9 Å². The minimum atomic E-state index is 0.105. The molecule has 0 aliphatic carbocycles. The van der Waals surface area contributed by atoms with Crippen molar-refractivity contribution in [3.63, 3.8) is 0 Å². The molecule has 0 spiro atoms. The zero-order valence-electron chi connectivity index (χ0n) is 11.5. The van der Waals surface area contributed by atoms with Crippen LogP contribution in [-0.2, 0) is 0 Å². The number of benzene rings is 2. The summed E-state index contributed by atoms with van der Waals surface area (Å²) in [4.78, 5) is 4.46. The van der Waals surface area contributed by atoms with Crippen molar-refractivity contribution in [2.45, 2.75) is 13.0 Å². The lowest BCUT2D eigenvalue weighted by molar-refractivity contribution is 0.883. The minimum Gasteiger partial charge on any atom is -0.377 e. The summed E-state index contributed by atoms with van der Waals surface area (Å²) in [7, 11) is 0. The predicted octanol–water partition coefficient (Wildman–Crippen LogP) is 5.82. The highest BCUT2D eigenvalue weighted by Gasteiger charge is 2.10. The highest BCUT2D eigenvalue weighted by molar-refractivity contribution is 9.10. The number of fused-ring (bicyclic) bond motifs is 1. The fraction of sp³-hybridized carbons (Fsp3) is 0.118. The van der Waals surface area contributed by atoms with E-state index in [2.05, 4.69) is 45.3 Å². The zero-order valence-corrected chi connectivity index (χ0v) is 13.8. The summed E-state index contributed by atoms with van der Waals surface area (Å²) in [5.41, 5.74) is 3.05. The molecule has 1 unspecified atom stereocenters. The Kier molecular flexibility index (Phi) is 4.13. The second kappa shape index (κ2) is 6.04. The van der Waals surface area contributed by atoms with Gasteiger partial charge in [-0.2, -0.15) is 0 Å². The normalized spacial score (nSPS) is 12.3. The number of para-hydroxylation sites is 1. The number of rotatable bonds is 3. The molecular formula is C17H14BrClN2. The molecule has 21 heavy (non-hydrogen) atoms. The second-order valence-electron chi connectivity index (χ2n) is 4.95. The van der Waals surface area contributed by atoms with E-state index in [0.717, 1.165) is 31.6 Å². The first-order chi connectivity index (χ1) is 10.1. The predicted molar refractivity (Wildman–Crippen MR) is 92.9 cm³/mol. The molecule has 1 N–H and O–H groups in total. The maximum atomic E-state index is 6.30. The molecule has 1 aromatic heterocycles. The van der Waals surface area contributed by atoms with E-state index in [9.17, 15) is 0 Å². The van der Waals surface area contributed by atoms with Crippen LogP contribution in [0.3, 0.4) is 0 Å². The van der Waals surface area contributed by atoms with Crippen LogP contribution >= 0.6 is 27.5 Å². The molecule has 3 rings (SSSR count). The van der Waals surface area contributed by atoms with Crippen LogP contribution in [0.25, 0.3) is 10.9 Å². The lowest BCUT2D eigenvalue weighted by Gasteiger charge is -2.17. The van der Waals surface area contributed by atoms with Gasteiger partial charge in [0.2, 0.25) is 0 Å². The average Bonchev–Trinajstić information content (AvgIpc) is 2.47. The van der Waals surface area contributed by atoms with Crippen molar-refractivity contribution in [2.75, 3.05) is 5.32 Å². The lowest BCUT2D eigenvalue weighted by atomic mass is 10.1. The molecule has 0 bridgehead atoms. The van der Waals surface area contributed by atoms with E-state index in [0.29, 0.717) is 0 Å². The van der Waals surface area contributed by atoms with E-state index < -0.39 is 0 Å². The van der Waals surface area contributed by atoms with Crippen LogP contribution in [0.1, 0.15) is 18.5 Å². The Balaban J connectivity index is 1.87. The van der Waals surface area contributed by atoms with Crippen molar-refractivity contribution >= 4 is 44.1 Å². The molecule has 106 valence electrons. The summed E-state index contributed by atoms with van der Waals surface area (Å²) < 4.78 is 0.982. The summed E-state index contributed by atoms with van der Waals surface area (Å²) in [5, 5.41) is 5.32. The summed E-state index contributed by atoms with van der Waals surface area (Å²) >= 11 is 9.72. The number of hydrogen-bond donors (Lipinski definition) is 1. The Hall–Kier alpha value is -1.58. The van der Waals surface area contributed by atoms with Crippen LogP contribution in [0, 0.1) is 0 Å². The third-order valence-corrected chi connectivity index (χ3v) is 4.22. The molecule has 1 heterocycles. The first-order valence-electron chi connectivity index (χ1n) is 6.70. The molecule has 2 nitrogen and oxygen atoms in total. The van der Waals surface area contributed by atoms with Gasteiger partial charge in [-0.15, -0.1) is 0 Å². The van der Waals surface area contributed by atoms with Crippen LogP contribution in [0.15, 0.2) is 59.2 Å². The highest BCUT2D eigenvalue weighted by atomic mass is 79.9. The number of aromatic nitrogens is 1. The van der Waals surface area contributed by atoms with Crippen LogP contribution in [0.2, 0.25) is 5.02 Å². The Morgan fingerprint density at radius 1 is 1.14 bits per heavy atom. The van der Waals surface area contributed by atoms with E-state index in [1.807, 2.05) is 42.6 Å². The number of halogens is 2. The van der Waals surface area contributed by atoms with E-state index in [-0.39, 0.29) is 6.04 Å². The maximum absolute atomic E-state index is 6.30. The maximum Gasteiger partial charge on any atom is 0.0703 e. The molecule has 0 saturated carbocycles. The number of nitrogens with one attached hydrogen (secondary N) is 1. The summed E-state index contributed by atoms with van der Waals surface area (Å²) in [6, 6.07) is 16.2. The average molecular weight is 362 g/mol. The first kappa shape index (κ1) is 14.4. The van der Waals surface area contributed by atoms with Gasteiger partial charge < -0.3 is 5.32 Å². The highest BCUT2D eigenvalue weighted by Crippen LogP contribution is 2.29. The van der Waals surface area contributed by atoms with Gasteiger partial charge in [0.25, 0.3) is 0 Å². The fourth-order valence-electron chi connectivity index (χ4n) is 2.33. The molecule has 0 aliphatic rings. The SMILES string of the molecule is CC(Nc1cnc2ccccc2c1)c1ccc(Br)cc1Cl. The molecule has 3 aromatic rings. The third-order valence-electron chi connectivity index (χ3n) is 3.40. The number of anilines is 1. The molecule has 0 fully saturated rings. The van der Waals surface area contributed by atoms with Gasteiger partial charge in [0.15, 0.2) is 0 Å². The van der Waals surface area contributed by atoms with Gasteiger partial charge >= 0.3 is 0 Å². The Morgan fingerprint density at radius 3 is 2.76 bits per heavy atom. The molecule has 1 atom stereocenters. The molecule has 0 aliphatic heterocycles. The summed E-state index contributed by atoms with van der Waals surface area (Å²) in [5.74, 6) is 0. The Morgan fingerprint density at radius 2 is 1.95 bits per heavy atom. The summed E-state index contributed by atoms with van der Waals surface area (Å²) in [6.45, 7) is 2.09. The van der Waals surface area contributed by atoms with Crippen molar-refractivity contribution in [3.8, 4) is 0 Å². The molecule has 0 saturated heterocycles. The van der Waals surface area contributed by atoms with E-state index in [1.165, 1.54) is 0 Å². The molecule has 2 aromatic carbocycles. The molecule has 0 radical (unpaired) electrons. The van der Waals surface area contributed by atoms with Crippen molar-refractivity contribution in [1.29, 1.82) is 0 Å². The molecular weight excluding hydrogens is 348 g/mol. The summed E-state index contributed by atoms with van der Waals surface area (Å²) in [6.07, 6.45) is 1.85. The van der Waals surface area contributed by atoms with Crippen molar-refractivity contribution in [3.05, 3.63) is 69.8 Å². The largest absolute Gasteiger partial charge is 0.377 e. The van der Waals surface area contributed by atoms with Gasteiger partial charge in [0, 0.05) is 14.9 Å². The standard InChI is InChI=1S/C17H14BrClN2/c1-11(15-7-6-13(18)9-16(15)19)21-14-8-12-4-2-3-5-17(12)20-10-14/h2-11,21H,1H3. The number of pyridine rings is 1. The van der Waals surface area contributed by atoms with Gasteiger partial charge in [-0.25, -0.2) is 0 Å². The monoisotopic (exact) mass is 360 g/mol. The van der Waals surface area contributed by atoms with Gasteiger partial charge in [-0.3, -0.25) is 4.98 Å². The number of hydrogen-bond acceptors (Lipinski definition) is 2. The Labute approximate surface area is 137 Å². The third kappa shape index (κ3) is 3.20. The van der Waals surface area contributed by atoms with Gasteiger partial charge in [-0.1, -0.05) is 51.8 Å². The van der Waals surface area contributed by atoms with Gasteiger partial charge in [0.1, 0.15) is 0 Å². The van der Waals surface area contributed by atoms with Gasteiger partial charge in [0.05, 0.1) is 23.4 Å². The van der Waals surface area contributed by atoms with Crippen LogP contribution < -0.4 is 5.32 Å². The van der Waals surface area contributed by atoms with Crippen LogP contribution in [0.5, 0.6) is 0 Å². The molecule has 0 amide bonds. The second-order valence-corrected chi connectivity index (χ2v) is 6.27. The van der Waals surface area contributed by atoms with E-state index in [1.54, 1.807) is 0 Å². The Bertz CT molecular complexity index is 789. The zero-order chi connectivity index (χ0) is 14.8. The van der Waals surface area contributed by atoms with Crippen LogP contribution in [-0.4, -0.2) is 4.98 Å². The van der Waals surface area contributed by atoms with Crippen molar-refractivity contribution in [1.82, 2.24) is 4.98 Å². The quantitative estimate of drug-likeness (QED) is 0.635. The van der Waals surface area contributed by atoms with Crippen LogP contribution in [0.4, 0.5) is 5.69 Å². The fourth-order valence-corrected chi connectivity index (χ4v) is 3.17.